The third kappa shape index (κ3) is 4.86. The number of rotatable bonds is 7. The lowest BCUT2D eigenvalue weighted by molar-refractivity contribution is 0.269. The van der Waals surface area contributed by atoms with Gasteiger partial charge in [-0.3, -0.25) is 5.43 Å². The smallest absolute Gasteiger partial charge is 0.161 e. The maximum absolute atomic E-state index is 6.00. The molecule has 3 aromatic carbocycles. The molecule has 1 aliphatic rings. The highest BCUT2D eigenvalue weighted by Crippen LogP contribution is 2.38. The van der Waals surface area contributed by atoms with E-state index in [9.17, 15) is 0 Å². The van der Waals surface area contributed by atoms with E-state index in [-0.39, 0.29) is 5.37 Å². The van der Waals surface area contributed by atoms with Crippen molar-refractivity contribution in [2.45, 2.75) is 18.9 Å². The van der Waals surface area contributed by atoms with Gasteiger partial charge in [0.25, 0.3) is 0 Å². The summed E-state index contributed by atoms with van der Waals surface area (Å²) in [4.78, 5) is 0. The van der Waals surface area contributed by atoms with E-state index in [1.807, 2.05) is 67.6 Å². The summed E-state index contributed by atoms with van der Waals surface area (Å²) >= 11 is 7.64. The highest BCUT2D eigenvalue weighted by Gasteiger charge is 2.23. The second kappa shape index (κ2) is 9.25. The second-order valence-electron chi connectivity index (χ2n) is 6.46. The first-order chi connectivity index (χ1) is 14.2. The summed E-state index contributed by atoms with van der Waals surface area (Å²) in [6.07, 6.45) is 0. The first kappa shape index (κ1) is 19.7. The lowest BCUT2D eigenvalue weighted by atomic mass is 10.2. The van der Waals surface area contributed by atoms with Crippen molar-refractivity contribution in [2.75, 3.05) is 6.61 Å². The Balaban J connectivity index is 1.47. The Morgan fingerprint density at radius 2 is 1.76 bits per heavy atom. The maximum Gasteiger partial charge on any atom is 0.161 e. The van der Waals surface area contributed by atoms with Crippen LogP contribution in [0.25, 0.3) is 0 Å². The molecule has 0 fully saturated rings. The Morgan fingerprint density at radius 1 is 0.966 bits per heavy atom. The van der Waals surface area contributed by atoms with E-state index in [4.69, 9.17) is 21.1 Å². The third-order valence-electron chi connectivity index (χ3n) is 4.41. The Bertz CT molecular complexity index is 994. The van der Waals surface area contributed by atoms with Gasteiger partial charge in [-0.2, -0.15) is 5.10 Å². The predicted octanol–water partition coefficient (Wildman–Crippen LogP) is 6.01. The summed E-state index contributed by atoms with van der Waals surface area (Å²) in [7, 11) is 0. The normalized spacial score (nSPS) is 15.5. The molecule has 0 spiro atoms. The molecule has 6 heteroatoms. The van der Waals surface area contributed by atoms with Crippen LogP contribution in [0.1, 0.15) is 29.0 Å². The number of hydrogen-bond donors (Lipinski definition) is 1. The van der Waals surface area contributed by atoms with Crippen LogP contribution in [-0.2, 0) is 6.61 Å². The highest BCUT2D eigenvalue weighted by atomic mass is 35.5. The molecule has 0 saturated heterocycles. The Morgan fingerprint density at radius 3 is 2.52 bits per heavy atom. The number of hydrazone groups is 1. The van der Waals surface area contributed by atoms with Crippen LogP contribution in [-0.4, -0.2) is 11.7 Å². The van der Waals surface area contributed by atoms with E-state index in [0.717, 1.165) is 33.2 Å². The van der Waals surface area contributed by atoms with Gasteiger partial charge in [0.2, 0.25) is 0 Å². The van der Waals surface area contributed by atoms with E-state index >= 15 is 0 Å². The summed E-state index contributed by atoms with van der Waals surface area (Å²) in [5, 5.41) is 6.23. The summed E-state index contributed by atoms with van der Waals surface area (Å²) in [6.45, 7) is 2.99. The largest absolute Gasteiger partial charge is 0.490 e. The fourth-order valence-electron chi connectivity index (χ4n) is 2.95. The van der Waals surface area contributed by atoms with Gasteiger partial charge in [-0.05, 0) is 42.3 Å². The van der Waals surface area contributed by atoms with E-state index in [0.29, 0.717) is 18.2 Å². The Kier molecular flexibility index (Phi) is 6.27. The molecule has 3 aromatic rings. The first-order valence-corrected chi connectivity index (χ1v) is 10.7. The zero-order valence-electron chi connectivity index (χ0n) is 16.0. The maximum atomic E-state index is 6.00. The number of ether oxygens (including phenoxy) is 2. The molecule has 29 heavy (non-hydrogen) atoms. The van der Waals surface area contributed by atoms with E-state index in [2.05, 4.69) is 22.7 Å². The zero-order chi connectivity index (χ0) is 20.1. The van der Waals surface area contributed by atoms with Crippen LogP contribution in [0, 0.1) is 0 Å². The van der Waals surface area contributed by atoms with E-state index in [1.54, 1.807) is 11.8 Å². The summed E-state index contributed by atoms with van der Waals surface area (Å²) in [6, 6.07) is 23.8. The van der Waals surface area contributed by atoms with E-state index in [1.165, 1.54) is 0 Å². The quantitative estimate of drug-likeness (QED) is 0.504. The average molecular weight is 425 g/mol. The van der Waals surface area contributed by atoms with Crippen molar-refractivity contribution < 1.29 is 9.47 Å². The fraction of sp³-hybridized carbons (Fsp3) is 0.174. The number of nitrogens with one attached hydrogen (secondary N) is 1. The number of benzene rings is 3. The van der Waals surface area contributed by atoms with Crippen LogP contribution >= 0.6 is 23.4 Å². The molecule has 1 atom stereocenters. The van der Waals surface area contributed by atoms with Crippen molar-refractivity contribution in [3.8, 4) is 11.5 Å². The van der Waals surface area contributed by atoms with Gasteiger partial charge < -0.3 is 9.47 Å². The van der Waals surface area contributed by atoms with Crippen LogP contribution in [0.3, 0.4) is 0 Å². The molecule has 148 valence electrons. The van der Waals surface area contributed by atoms with Crippen molar-refractivity contribution in [3.05, 3.63) is 94.5 Å². The Hall–Kier alpha value is -2.63. The highest BCUT2D eigenvalue weighted by molar-refractivity contribution is 8.14. The molecule has 4 rings (SSSR count). The first-order valence-electron chi connectivity index (χ1n) is 9.42. The number of thioether (sulfide) groups is 1. The molecule has 0 radical (unpaired) electrons. The lowest BCUT2D eigenvalue weighted by Crippen LogP contribution is -2.07. The van der Waals surface area contributed by atoms with Crippen LogP contribution in [0.2, 0.25) is 5.02 Å². The molecule has 0 aliphatic carbocycles. The molecule has 1 heterocycles. The monoisotopic (exact) mass is 424 g/mol. The van der Waals surface area contributed by atoms with Crippen molar-refractivity contribution >= 4 is 28.4 Å². The van der Waals surface area contributed by atoms with Gasteiger partial charge in [-0.15, -0.1) is 0 Å². The minimum Gasteiger partial charge on any atom is -0.490 e. The van der Waals surface area contributed by atoms with Crippen LogP contribution in [0.4, 0.5) is 0 Å². The second-order valence-corrected chi connectivity index (χ2v) is 7.99. The standard InChI is InChI=1S/C23H21ClN2O2S/c1-2-27-21-14-18(23-26-25-22(29-23)17-6-4-3-5-7-17)10-13-20(21)28-15-16-8-11-19(24)12-9-16/h3-14,23,26H,2,15H2,1H3/t23-/m0/s1. The topological polar surface area (TPSA) is 42.8 Å². The van der Waals surface area contributed by atoms with Gasteiger partial charge in [-0.1, -0.05) is 71.9 Å². The summed E-state index contributed by atoms with van der Waals surface area (Å²) < 4.78 is 11.8. The van der Waals surface area contributed by atoms with Gasteiger partial charge >= 0.3 is 0 Å². The van der Waals surface area contributed by atoms with Crippen molar-refractivity contribution in [2.24, 2.45) is 5.10 Å². The third-order valence-corrected chi connectivity index (χ3v) is 5.83. The van der Waals surface area contributed by atoms with Crippen molar-refractivity contribution in [1.29, 1.82) is 0 Å². The molecular weight excluding hydrogens is 404 g/mol. The van der Waals surface area contributed by atoms with Gasteiger partial charge in [0, 0.05) is 10.6 Å². The molecule has 4 nitrogen and oxygen atoms in total. The van der Waals surface area contributed by atoms with Crippen LogP contribution in [0.15, 0.2) is 77.9 Å². The molecule has 0 unspecified atom stereocenters. The van der Waals surface area contributed by atoms with Crippen molar-refractivity contribution in [1.82, 2.24) is 5.43 Å². The summed E-state index contributed by atoms with van der Waals surface area (Å²) in [5.74, 6) is 1.45. The fourth-order valence-corrected chi connectivity index (χ4v) is 4.07. The zero-order valence-corrected chi connectivity index (χ0v) is 17.5. The molecule has 0 aromatic heterocycles. The summed E-state index contributed by atoms with van der Waals surface area (Å²) in [5.41, 5.74) is 6.47. The molecule has 1 N–H and O–H groups in total. The Labute approximate surface area is 179 Å². The molecule has 0 amide bonds. The van der Waals surface area contributed by atoms with Crippen LogP contribution < -0.4 is 14.9 Å². The van der Waals surface area contributed by atoms with Gasteiger partial charge in [-0.25, -0.2) is 0 Å². The predicted molar refractivity (Wildman–Crippen MR) is 120 cm³/mol. The minimum absolute atomic E-state index is 0.0368. The van der Waals surface area contributed by atoms with Gasteiger partial charge in [0.1, 0.15) is 17.0 Å². The number of nitrogens with zero attached hydrogens (tertiary/aromatic N) is 1. The van der Waals surface area contributed by atoms with Gasteiger partial charge in [0.15, 0.2) is 11.5 Å². The van der Waals surface area contributed by atoms with E-state index < -0.39 is 0 Å². The van der Waals surface area contributed by atoms with Gasteiger partial charge in [0.05, 0.1) is 6.61 Å². The van der Waals surface area contributed by atoms with Crippen molar-refractivity contribution in [3.63, 3.8) is 0 Å². The number of hydrogen-bond acceptors (Lipinski definition) is 5. The molecular formula is C23H21ClN2O2S. The average Bonchev–Trinajstić information content (AvgIpc) is 3.25. The number of halogens is 1. The minimum atomic E-state index is 0.0368. The molecule has 1 aliphatic heterocycles. The molecule has 0 bridgehead atoms. The van der Waals surface area contributed by atoms with Crippen LogP contribution in [0.5, 0.6) is 11.5 Å². The SMILES string of the molecule is CCOc1cc([C@H]2NN=C(c3ccccc3)S2)ccc1OCc1ccc(Cl)cc1. The lowest BCUT2D eigenvalue weighted by Gasteiger charge is -2.16. The molecule has 0 saturated carbocycles.